The Hall–Kier alpha value is -2.05. The zero-order valence-electron chi connectivity index (χ0n) is 12.0. The molecule has 0 fully saturated rings. The molecule has 6 heteroatoms. The molecule has 3 aromatic heterocycles. The van der Waals surface area contributed by atoms with Crippen LogP contribution in [-0.4, -0.2) is 19.5 Å². The van der Waals surface area contributed by atoms with Gasteiger partial charge in [0, 0.05) is 37.1 Å². The quantitative estimate of drug-likeness (QED) is 0.786. The van der Waals surface area contributed by atoms with Crippen LogP contribution in [0.5, 0.6) is 0 Å². The molecule has 1 atom stereocenters. The topological polar surface area (TPSA) is 55.6 Å². The van der Waals surface area contributed by atoms with Gasteiger partial charge in [-0.3, -0.25) is 5.32 Å². The summed E-state index contributed by atoms with van der Waals surface area (Å²) in [7, 11) is 2.01. The van der Waals surface area contributed by atoms with Crippen LogP contribution < -0.4 is 5.32 Å². The number of aryl methyl sites for hydroxylation is 2. The second-order valence-corrected chi connectivity index (χ2v) is 5.80. The molecule has 5 nitrogen and oxygen atoms in total. The monoisotopic (exact) mass is 299 g/mol. The Bertz CT molecular complexity index is 704. The molecule has 108 valence electrons. The van der Waals surface area contributed by atoms with Gasteiger partial charge in [0.05, 0.1) is 5.69 Å². The molecular formula is C15H17N5S. The third kappa shape index (κ3) is 3.17. The summed E-state index contributed by atoms with van der Waals surface area (Å²) in [5, 5.41) is 5.63. The normalized spacial score (nSPS) is 12.5. The second-order valence-electron chi connectivity index (χ2n) is 4.82. The maximum atomic E-state index is 4.48. The van der Waals surface area contributed by atoms with E-state index >= 15 is 0 Å². The Morgan fingerprint density at radius 2 is 2.19 bits per heavy atom. The fourth-order valence-corrected chi connectivity index (χ4v) is 3.04. The van der Waals surface area contributed by atoms with Crippen molar-refractivity contribution >= 4 is 11.3 Å². The molecule has 0 aliphatic heterocycles. The van der Waals surface area contributed by atoms with Crippen molar-refractivity contribution in [2.45, 2.75) is 19.5 Å². The van der Waals surface area contributed by atoms with Crippen LogP contribution in [0.25, 0.3) is 0 Å². The van der Waals surface area contributed by atoms with Gasteiger partial charge >= 0.3 is 0 Å². The Labute approximate surface area is 127 Å². The summed E-state index contributed by atoms with van der Waals surface area (Å²) in [6, 6.07) is 6.19. The summed E-state index contributed by atoms with van der Waals surface area (Å²) in [6.07, 6.45) is 5.58. The minimum Gasteiger partial charge on any atom is -0.336 e. The van der Waals surface area contributed by atoms with E-state index in [1.165, 1.54) is 4.88 Å². The van der Waals surface area contributed by atoms with Crippen molar-refractivity contribution in [2.75, 3.05) is 0 Å². The molecule has 0 amide bonds. The van der Waals surface area contributed by atoms with Crippen LogP contribution in [0.4, 0.5) is 0 Å². The minimum absolute atomic E-state index is 0.0697. The van der Waals surface area contributed by atoms with E-state index in [1.54, 1.807) is 17.5 Å². The molecule has 0 bridgehead atoms. The number of hydrogen-bond donors (Lipinski definition) is 1. The van der Waals surface area contributed by atoms with Crippen molar-refractivity contribution < 1.29 is 0 Å². The number of nitrogens with one attached hydrogen (secondary N) is 1. The molecule has 1 unspecified atom stereocenters. The first kappa shape index (κ1) is 13.9. The third-order valence-electron chi connectivity index (χ3n) is 3.27. The number of hydrogen-bond acceptors (Lipinski definition) is 5. The first-order valence-corrected chi connectivity index (χ1v) is 7.64. The highest BCUT2D eigenvalue weighted by atomic mass is 32.1. The average molecular weight is 299 g/mol. The van der Waals surface area contributed by atoms with E-state index in [4.69, 9.17) is 0 Å². The molecule has 3 aromatic rings. The van der Waals surface area contributed by atoms with Gasteiger partial charge < -0.3 is 4.57 Å². The molecule has 0 spiro atoms. The Balaban J connectivity index is 1.82. The maximum absolute atomic E-state index is 4.48. The summed E-state index contributed by atoms with van der Waals surface area (Å²) < 4.78 is 2.04. The first-order chi connectivity index (χ1) is 10.2. The van der Waals surface area contributed by atoms with Crippen molar-refractivity contribution in [1.29, 1.82) is 0 Å². The second kappa shape index (κ2) is 6.15. The summed E-state index contributed by atoms with van der Waals surface area (Å²) >= 11 is 1.73. The molecule has 3 heterocycles. The first-order valence-electron chi connectivity index (χ1n) is 6.76. The van der Waals surface area contributed by atoms with Crippen LogP contribution in [0.15, 0.2) is 42.2 Å². The maximum Gasteiger partial charge on any atom is 0.131 e. The van der Waals surface area contributed by atoms with Crippen molar-refractivity contribution in [3.05, 3.63) is 64.4 Å². The van der Waals surface area contributed by atoms with Gasteiger partial charge in [-0.05, 0) is 24.4 Å². The molecular weight excluding hydrogens is 282 g/mol. The van der Waals surface area contributed by atoms with Crippen molar-refractivity contribution in [1.82, 2.24) is 24.8 Å². The van der Waals surface area contributed by atoms with Crippen molar-refractivity contribution in [2.24, 2.45) is 7.05 Å². The molecule has 21 heavy (non-hydrogen) atoms. The zero-order valence-corrected chi connectivity index (χ0v) is 12.8. The number of aromatic nitrogens is 4. The third-order valence-corrected chi connectivity index (χ3v) is 4.20. The lowest BCUT2D eigenvalue weighted by atomic mass is 10.2. The smallest absolute Gasteiger partial charge is 0.131 e. The van der Waals surface area contributed by atoms with Crippen LogP contribution in [0.1, 0.15) is 28.3 Å². The lowest BCUT2D eigenvalue weighted by molar-refractivity contribution is 0.558. The van der Waals surface area contributed by atoms with Crippen LogP contribution >= 0.6 is 11.3 Å². The molecule has 0 saturated heterocycles. The van der Waals surface area contributed by atoms with Gasteiger partial charge in [-0.2, -0.15) is 0 Å². The van der Waals surface area contributed by atoms with Gasteiger partial charge in [0.1, 0.15) is 17.7 Å². The van der Waals surface area contributed by atoms with Crippen LogP contribution in [0.3, 0.4) is 0 Å². The van der Waals surface area contributed by atoms with Gasteiger partial charge in [0.25, 0.3) is 0 Å². The van der Waals surface area contributed by atoms with Gasteiger partial charge in [-0.15, -0.1) is 11.3 Å². The molecule has 0 aliphatic rings. The number of rotatable bonds is 5. The average Bonchev–Trinajstić information content (AvgIpc) is 3.12. The number of thiophene rings is 1. The predicted octanol–water partition coefficient (Wildman–Crippen LogP) is 2.46. The molecule has 0 radical (unpaired) electrons. The number of imidazole rings is 1. The fraction of sp³-hybridized carbons (Fsp3) is 0.267. The van der Waals surface area contributed by atoms with Crippen molar-refractivity contribution in [3.63, 3.8) is 0 Å². The summed E-state index contributed by atoms with van der Waals surface area (Å²) in [5.41, 5.74) is 0.985. The van der Waals surface area contributed by atoms with Crippen LogP contribution in [0.2, 0.25) is 0 Å². The van der Waals surface area contributed by atoms with Crippen LogP contribution in [0, 0.1) is 6.92 Å². The van der Waals surface area contributed by atoms with Crippen LogP contribution in [-0.2, 0) is 13.6 Å². The highest BCUT2D eigenvalue weighted by Crippen LogP contribution is 2.24. The molecule has 3 rings (SSSR count). The minimum atomic E-state index is 0.0697. The van der Waals surface area contributed by atoms with Gasteiger partial charge in [-0.1, -0.05) is 6.07 Å². The number of nitrogens with zero attached hydrogens (tertiary/aromatic N) is 4. The van der Waals surface area contributed by atoms with Gasteiger partial charge in [-0.25, -0.2) is 15.0 Å². The van der Waals surface area contributed by atoms with E-state index in [1.807, 2.05) is 37.0 Å². The Morgan fingerprint density at radius 3 is 2.86 bits per heavy atom. The largest absolute Gasteiger partial charge is 0.336 e. The molecule has 0 aliphatic carbocycles. The standard InChI is InChI=1S/C15H17N5S/c1-11-16-6-5-12(19-11)10-18-14(13-4-3-9-21-13)15-17-7-8-20(15)2/h3-9,14,18H,10H2,1-2H3. The Kier molecular flexibility index (Phi) is 4.08. The van der Waals surface area contributed by atoms with E-state index in [9.17, 15) is 0 Å². The predicted molar refractivity (Wildman–Crippen MR) is 83.0 cm³/mol. The van der Waals surface area contributed by atoms with E-state index in [0.717, 1.165) is 17.3 Å². The molecule has 0 aromatic carbocycles. The lowest BCUT2D eigenvalue weighted by Crippen LogP contribution is -2.24. The SMILES string of the molecule is Cc1nccc(CNC(c2cccs2)c2nccn2C)n1. The summed E-state index contributed by atoms with van der Waals surface area (Å²) in [6.45, 7) is 2.58. The Morgan fingerprint density at radius 1 is 1.29 bits per heavy atom. The van der Waals surface area contributed by atoms with E-state index in [-0.39, 0.29) is 6.04 Å². The van der Waals surface area contributed by atoms with Crippen molar-refractivity contribution in [3.8, 4) is 0 Å². The van der Waals surface area contributed by atoms with E-state index < -0.39 is 0 Å². The summed E-state index contributed by atoms with van der Waals surface area (Å²) in [5.74, 6) is 1.79. The fourth-order valence-electron chi connectivity index (χ4n) is 2.24. The zero-order chi connectivity index (χ0) is 14.7. The lowest BCUT2D eigenvalue weighted by Gasteiger charge is -2.17. The van der Waals surface area contributed by atoms with Gasteiger partial charge in [0.2, 0.25) is 0 Å². The molecule has 1 N–H and O–H groups in total. The summed E-state index contributed by atoms with van der Waals surface area (Å²) in [4.78, 5) is 14.3. The highest BCUT2D eigenvalue weighted by molar-refractivity contribution is 7.10. The van der Waals surface area contributed by atoms with Gasteiger partial charge in [0.15, 0.2) is 0 Å². The molecule has 0 saturated carbocycles. The van der Waals surface area contributed by atoms with E-state index in [2.05, 4.69) is 37.8 Å². The van der Waals surface area contributed by atoms with E-state index in [0.29, 0.717) is 6.54 Å². The highest BCUT2D eigenvalue weighted by Gasteiger charge is 2.18.